The molecule has 3 rings (SSSR count). The first-order chi connectivity index (χ1) is 8.83. The van der Waals surface area contributed by atoms with Crippen LogP contribution in [0.5, 0.6) is 0 Å². The molecule has 0 aliphatic carbocycles. The van der Waals surface area contributed by atoms with Crippen molar-refractivity contribution in [3.8, 4) is 0 Å². The van der Waals surface area contributed by atoms with Gasteiger partial charge in [-0.3, -0.25) is 0 Å². The van der Waals surface area contributed by atoms with E-state index in [0.717, 1.165) is 25.2 Å². The van der Waals surface area contributed by atoms with Gasteiger partial charge in [-0.05, 0) is 55.5 Å². The molecule has 2 aliphatic rings. The van der Waals surface area contributed by atoms with Crippen LogP contribution in [0.1, 0.15) is 29.9 Å². The zero-order valence-corrected chi connectivity index (χ0v) is 10.5. The van der Waals surface area contributed by atoms with Gasteiger partial charge < -0.3 is 16.0 Å². The van der Waals surface area contributed by atoms with Crippen LogP contribution < -0.4 is 16.0 Å². The lowest BCUT2D eigenvalue weighted by Crippen LogP contribution is -2.27. The summed E-state index contributed by atoms with van der Waals surface area (Å²) in [5.41, 5.74) is 3.64. The fraction of sp³-hybridized carbons (Fsp3) is 0.500. The first-order valence-corrected chi connectivity index (χ1v) is 6.71. The van der Waals surface area contributed by atoms with E-state index in [4.69, 9.17) is 0 Å². The number of hydrogen-bond donors (Lipinski definition) is 3. The SMILES string of the molecule is O=C1NCCc2cc(C3CCNCC3)ccc2N1. The fourth-order valence-electron chi connectivity index (χ4n) is 2.83. The number of carbonyl (C=O) groups is 1. The van der Waals surface area contributed by atoms with Crippen LogP contribution in [0.15, 0.2) is 18.2 Å². The number of piperidine rings is 1. The Morgan fingerprint density at radius 1 is 1.11 bits per heavy atom. The van der Waals surface area contributed by atoms with Gasteiger partial charge in [0.2, 0.25) is 0 Å². The lowest BCUT2D eigenvalue weighted by molar-refractivity contribution is 0.252. The topological polar surface area (TPSA) is 53.2 Å². The molecule has 0 bridgehead atoms. The molecule has 0 radical (unpaired) electrons. The van der Waals surface area contributed by atoms with Crippen molar-refractivity contribution >= 4 is 11.7 Å². The predicted molar refractivity (Wildman–Crippen MR) is 72.0 cm³/mol. The number of carbonyl (C=O) groups excluding carboxylic acids is 1. The molecule has 1 saturated heterocycles. The maximum absolute atomic E-state index is 11.4. The first kappa shape index (κ1) is 11.5. The van der Waals surface area contributed by atoms with Gasteiger partial charge in [0, 0.05) is 12.2 Å². The summed E-state index contributed by atoms with van der Waals surface area (Å²) in [5, 5.41) is 9.12. The Bertz CT molecular complexity index is 452. The highest BCUT2D eigenvalue weighted by atomic mass is 16.2. The summed E-state index contributed by atoms with van der Waals surface area (Å²) in [6, 6.07) is 6.40. The summed E-state index contributed by atoms with van der Waals surface area (Å²) < 4.78 is 0. The molecule has 0 aromatic heterocycles. The third-order valence-electron chi connectivity index (χ3n) is 3.87. The van der Waals surface area contributed by atoms with Crippen LogP contribution in [-0.2, 0) is 6.42 Å². The third-order valence-corrected chi connectivity index (χ3v) is 3.87. The Hall–Kier alpha value is -1.55. The second-order valence-electron chi connectivity index (χ2n) is 5.07. The van der Waals surface area contributed by atoms with Crippen LogP contribution in [0.25, 0.3) is 0 Å². The average Bonchev–Trinajstić information content (AvgIpc) is 2.59. The van der Waals surface area contributed by atoms with Crippen molar-refractivity contribution in [2.75, 3.05) is 25.0 Å². The van der Waals surface area contributed by atoms with E-state index in [1.165, 1.54) is 24.0 Å². The number of nitrogens with one attached hydrogen (secondary N) is 3. The normalized spacial score (nSPS) is 20.6. The number of anilines is 1. The molecule has 4 nitrogen and oxygen atoms in total. The maximum atomic E-state index is 11.4. The van der Waals surface area contributed by atoms with Crippen molar-refractivity contribution < 1.29 is 4.79 Å². The zero-order valence-electron chi connectivity index (χ0n) is 10.5. The van der Waals surface area contributed by atoms with Gasteiger partial charge >= 0.3 is 6.03 Å². The van der Waals surface area contributed by atoms with Crippen molar-refractivity contribution in [3.63, 3.8) is 0 Å². The minimum atomic E-state index is -0.0941. The van der Waals surface area contributed by atoms with Crippen molar-refractivity contribution in [1.82, 2.24) is 10.6 Å². The standard InChI is InChI=1S/C14H19N3O/c18-14-16-8-5-12-9-11(1-2-13(12)17-14)10-3-6-15-7-4-10/h1-2,9-10,15H,3-8H2,(H2,16,17,18). The van der Waals surface area contributed by atoms with Gasteiger partial charge in [0.05, 0.1) is 0 Å². The molecule has 4 heteroatoms. The highest BCUT2D eigenvalue weighted by molar-refractivity contribution is 5.90. The third kappa shape index (κ3) is 2.34. The monoisotopic (exact) mass is 245 g/mol. The minimum absolute atomic E-state index is 0.0941. The van der Waals surface area contributed by atoms with E-state index in [2.05, 4.69) is 34.1 Å². The molecule has 0 unspecified atom stereocenters. The van der Waals surface area contributed by atoms with E-state index in [0.29, 0.717) is 12.5 Å². The summed E-state index contributed by atoms with van der Waals surface area (Å²) in [5.74, 6) is 0.670. The van der Waals surface area contributed by atoms with Crippen molar-refractivity contribution in [2.24, 2.45) is 0 Å². The number of fused-ring (bicyclic) bond motifs is 1. The van der Waals surface area contributed by atoms with Crippen LogP contribution in [0.3, 0.4) is 0 Å². The van der Waals surface area contributed by atoms with Gasteiger partial charge in [0.1, 0.15) is 0 Å². The van der Waals surface area contributed by atoms with Crippen molar-refractivity contribution in [1.29, 1.82) is 0 Å². The lowest BCUT2D eigenvalue weighted by Gasteiger charge is -2.23. The van der Waals surface area contributed by atoms with Crippen LogP contribution in [0.2, 0.25) is 0 Å². The molecule has 2 aliphatic heterocycles. The van der Waals surface area contributed by atoms with Crippen LogP contribution >= 0.6 is 0 Å². The lowest BCUT2D eigenvalue weighted by atomic mass is 9.88. The fourth-order valence-corrected chi connectivity index (χ4v) is 2.83. The molecular formula is C14H19N3O. The number of rotatable bonds is 1. The molecule has 96 valence electrons. The molecule has 1 fully saturated rings. The molecule has 0 saturated carbocycles. The quantitative estimate of drug-likeness (QED) is 0.707. The minimum Gasteiger partial charge on any atom is -0.338 e. The molecule has 3 N–H and O–H groups in total. The predicted octanol–water partition coefficient (Wildman–Crippen LogP) is 1.83. The summed E-state index contributed by atoms with van der Waals surface area (Å²) in [6.07, 6.45) is 3.33. The van der Waals surface area contributed by atoms with E-state index >= 15 is 0 Å². The molecule has 0 atom stereocenters. The van der Waals surface area contributed by atoms with Gasteiger partial charge in [-0.25, -0.2) is 4.79 Å². The molecule has 18 heavy (non-hydrogen) atoms. The van der Waals surface area contributed by atoms with Gasteiger partial charge in [0.25, 0.3) is 0 Å². The van der Waals surface area contributed by atoms with Crippen molar-refractivity contribution in [3.05, 3.63) is 29.3 Å². The Labute approximate surface area is 107 Å². The zero-order chi connectivity index (χ0) is 12.4. The van der Waals surface area contributed by atoms with E-state index in [1.54, 1.807) is 0 Å². The second-order valence-corrected chi connectivity index (χ2v) is 5.07. The smallest absolute Gasteiger partial charge is 0.319 e. The summed E-state index contributed by atoms with van der Waals surface area (Å²) in [7, 11) is 0. The number of amides is 2. The Morgan fingerprint density at radius 3 is 2.78 bits per heavy atom. The number of urea groups is 1. The molecular weight excluding hydrogens is 226 g/mol. The largest absolute Gasteiger partial charge is 0.338 e. The van der Waals surface area contributed by atoms with E-state index < -0.39 is 0 Å². The first-order valence-electron chi connectivity index (χ1n) is 6.71. The second kappa shape index (κ2) is 4.98. The highest BCUT2D eigenvalue weighted by Crippen LogP contribution is 2.29. The average molecular weight is 245 g/mol. The van der Waals surface area contributed by atoms with Crippen LogP contribution in [0.4, 0.5) is 10.5 Å². The van der Waals surface area contributed by atoms with Gasteiger partial charge in [-0.15, -0.1) is 0 Å². The van der Waals surface area contributed by atoms with Gasteiger partial charge in [-0.1, -0.05) is 12.1 Å². The van der Waals surface area contributed by atoms with Crippen LogP contribution in [-0.4, -0.2) is 25.7 Å². The molecule has 2 heterocycles. The number of hydrogen-bond acceptors (Lipinski definition) is 2. The van der Waals surface area contributed by atoms with E-state index in [-0.39, 0.29) is 6.03 Å². The summed E-state index contributed by atoms with van der Waals surface area (Å²) in [6.45, 7) is 2.94. The highest BCUT2D eigenvalue weighted by Gasteiger charge is 2.18. The Balaban J connectivity index is 1.85. The van der Waals surface area contributed by atoms with E-state index in [9.17, 15) is 4.79 Å². The summed E-state index contributed by atoms with van der Waals surface area (Å²) >= 11 is 0. The van der Waals surface area contributed by atoms with Gasteiger partial charge in [0.15, 0.2) is 0 Å². The summed E-state index contributed by atoms with van der Waals surface area (Å²) in [4.78, 5) is 11.4. The molecule has 0 spiro atoms. The molecule has 1 aromatic rings. The van der Waals surface area contributed by atoms with E-state index in [1.807, 2.05) is 0 Å². The van der Waals surface area contributed by atoms with Crippen LogP contribution in [0, 0.1) is 0 Å². The number of benzene rings is 1. The van der Waals surface area contributed by atoms with Crippen molar-refractivity contribution in [2.45, 2.75) is 25.2 Å². The Kier molecular flexibility index (Phi) is 3.19. The van der Waals surface area contributed by atoms with Gasteiger partial charge in [-0.2, -0.15) is 0 Å². The Morgan fingerprint density at radius 2 is 1.94 bits per heavy atom. The molecule has 2 amide bonds. The molecule has 1 aromatic carbocycles. The maximum Gasteiger partial charge on any atom is 0.319 e.